The highest BCUT2D eigenvalue weighted by Crippen LogP contribution is 2.25. The molecule has 21 heavy (non-hydrogen) atoms. The van der Waals surface area contributed by atoms with E-state index in [2.05, 4.69) is 5.32 Å². The van der Waals surface area contributed by atoms with Crippen LogP contribution in [0, 0.1) is 0 Å². The van der Waals surface area contributed by atoms with Crippen molar-refractivity contribution < 1.29 is 19.4 Å². The molecule has 0 spiro atoms. The lowest BCUT2D eigenvalue weighted by Crippen LogP contribution is -2.27. The van der Waals surface area contributed by atoms with Crippen molar-refractivity contribution in [1.29, 1.82) is 0 Å². The van der Waals surface area contributed by atoms with Crippen LogP contribution in [-0.2, 0) is 9.53 Å². The number of anilines is 1. The summed E-state index contributed by atoms with van der Waals surface area (Å²) in [4.78, 5) is 23.5. The molecule has 3 rings (SSSR count). The maximum absolute atomic E-state index is 12.1. The lowest BCUT2D eigenvalue weighted by Gasteiger charge is -2.13. The van der Waals surface area contributed by atoms with Gasteiger partial charge < -0.3 is 15.2 Å². The van der Waals surface area contributed by atoms with Crippen molar-refractivity contribution in [3.63, 3.8) is 0 Å². The van der Waals surface area contributed by atoms with Crippen LogP contribution in [-0.4, -0.2) is 29.7 Å². The van der Waals surface area contributed by atoms with Gasteiger partial charge in [-0.2, -0.15) is 0 Å². The van der Waals surface area contributed by atoms with E-state index < -0.39 is 12.1 Å². The standard InChI is InChI=1S/C16H15NO4/c18-15(14-6-3-7-21-14)17-13-9-11-5-2-1-4-10(11)8-12(13)16(19)20/h1-2,4-5,8-9,14H,3,6-7H2,(H,17,18)(H,19,20)/t14-/m0/s1. The number of ether oxygens (including phenoxy) is 1. The molecule has 5 heteroatoms. The Morgan fingerprint density at radius 1 is 1.19 bits per heavy atom. The SMILES string of the molecule is O=C(O)c1cc2ccccc2cc1NC(=O)[C@@H]1CCCO1. The number of fused-ring (bicyclic) bond motifs is 1. The van der Waals surface area contributed by atoms with E-state index in [-0.39, 0.29) is 11.5 Å². The second-order valence-corrected chi connectivity index (χ2v) is 5.04. The van der Waals surface area contributed by atoms with Gasteiger partial charge in [-0.05, 0) is 35.7 Å². The molecule has 1 aliphatic heterocycles. The Kier molecular flexibility index (Phi) is 3.58. The van der Waals surface area contributed by atoms with Crippen molar-refractivity contribution in [2.75, 3.05) is 11.9 Å². The van der Waals surface area contributed by atoms with Crippen LogP contribution in [0.15, 0.2) is 36.4 Å². The number of hydrogen-bond acceptors (Lipinski definition) is 3. The van der Waals surface area contributed by atoms with Crippen LogP contribution in [0.5, 0.6) is 0 Å². The van der Waals surface area contributed by atoms with Crippen LogP contribution >= 0.6 is 0 Å². The van der Waals surface area contributed by atoms with Crippen LogP contribution in [0.3, 0.4) is 0 Å². The number of benzene rings is 2. The molecule has 0 unspecified atom stereocenters. The average molecular weight is 285 g/mol. The maximum Gasteiger partial charge on any atom is 0.337 e. The first-order valence-electron chi connectivity index (χ1n) is 6.84. The lowest BCUT2D eigenvalue weighted by molar-refractivity contribution is -0.124. The molecule has 1 aliphatic rings. The molecule has 2 aromatic carbocycles. The quantitative estimate of drug-likeness (QED) is 0.909. The fraction of sp³-hybridized carbons (Fsp3) is 0.250. The third kappa shape index (κ3) is 2.73. The number of carbonyl (C=O) groups excluding carboxylic acids is 1. The zero-order chi connectivity index (χ0) is 14.8. The summed E-state index contributed by atoms with van der Waals surface area (Å²) < 4.78 is 5.32. The fourth-order valence-corrected chi connectivity index (χ4v) is 2.52. The molecule has 0 bridgehead atoms. The predicted molar refractivity (Wildman–Crippen MR) is 78.5 cm³/mol. The van der Waals surface area contributed by atoms with E-state index in [0.29, 0.717) is 18.7 Å². The van der Waals surface area contributed by atoms with Crippen LogP contribution in [0.2, 0.25) is 0 Å². The molecule has 0 aliphatic carbocycles. The smallest absolute Gasteiger partial charge is 0.337 e. The number of rotatable bonds is 3. The Balaban J connectivity index is 1.97. The molecule has 1 heterocycles. The van der Waals surface area contributed by atoms with Crippen LogP contribution in [0.4, 0.5) is 5.69 Å². The zero-order valence-corrected chi connectivity index (χ0v) is 11.3. The Morgan fingerprint density at radius 3 is 2.52 bits per heavy atom. The first-order chi connectivity index (χ1) is 10.1. The molecule has 0 saturated carbocycles. The molecule has 2 N–H and O–H groups in total. The van der Waals surface area contributed by atoms with Gasteiger partial charge in [0.05, 0.1) is 11.3 Å². The van der Waals surface area contributed by atoms with Gasteiger partial charge in [0.15, 0.2) is 0 Å². The molecule has 5 nitrogen and oxygen atoms in total. The first kappa shape index (κ1) is 13.6. The summed E-state index contributed by atoms with van der Waals surface area (Å²) in [5.74, 6) is -1.35. The Morgan fingerprint density at radius 2 is 1.90 bits per heavy atom. The number of nitrogens with one attached hydrogen (secondary N) is 1. The molecule has 2 aromatic rings. The first-order valence-corrected chi connectivity index (χ1v) is 6.84. The summed E-state index contributed by atoms with van der Waals surface area (Å²) in [7, 11) is 0. The summed E-state index contributed by atoms with van der Waals surface area (Å²) in [5, 5.41) is 13.7. The summed E-state index contributed by atoms with van der Waals surface area (Å²) in [6, 6.07) is 10.7. The molecule has 1 amide bonds. The van der Waals surface area contributed by atoms with Crippen molar-refractivity contribution in [1.82, 2.24) is 0 Å². The highest BCUT2D eigenvalue weighted by Gasteiger charge is 2.25. The summed E-state index contributed by atoms with van der Waals surface area (Å²) >= 11 is 0. The number of amides is 1. The monoisotopic (exact) mass is 285 g/mol. The minimum atomic E-state index is -1.07. The van der Waals surface area contributed by atoms with Crippen molar-refractivity contribution >= 4 is 28.3 Å². The van der Waals surface area contributed by atoms with Gasteiger partial charge in [0.1, 0.15) is 6.10 Å². The Hall–Kier alpha value is -2.40. The van der Waals surface area contributed by atoms with Gasteiger partial charge in [-0.1, -0.05) is 24.3 Å². The number of carboxylic acids is 1. The molecule has 1 fully saturated rings. The third-order valence-corrected chi connectivity index (χ3v) is 3.60. The third-order valence-electron chi connectivity index (χ3n) is 3.60. The van der Waals surface area contributed by atoms with Crippen molar-refractivity contribution in [3.8, 4) is 0 Å². The highest BCUT2D eigenvalue weighted by atomic mass is 16.5. The van der Waals surface area contributed by atoms with E-state index in [0.717, 1.165) is 17.2 Å². The highest BCUT2D eigenvalue weighted by molar-refractivity contribution is 6.06. The van der Waals surface area contributed by atoms with E-state index in [1.165, 1.54) is 0 Å². The Bertz CT molecular complexity index is 704. The summed E-state index contributed by atoms with van der Waals surface area (Å²) in [5.41, 5.74) is 0.391. The Labute approximate surface area is 121 Å². The van der Waals surface area contributed by atoms with Gasteiger partial charge in [0.2, 0.25) is 0 Å². The second kappa shape index (κ2) is 5.54. The van der Waals surface area contributed by atoms with E-state index in [1.54, 1.807) is 12.1 Å². The molecule has 0 aromatic heterocycles. The molecule has 1 saturated heterocycles. The minimum Gasteiger partial charge on any atom is -0.478 e. The van der Waals surface area contributed by atoms with Crippen LogP contribution in [0.25, 0.3) is 10.8 Å². The van der Waals surface area contributed by atoms with Crippen LogP contribution in [0.1, 0.15) is 23.2 Å². The van der Waals surface area contributed by atoms with Gasteiger partial charge in [0, 0.05) is 6.61 Å². The number of carbonyl (C=O) groups is 2. The van der Waals surface area contributed by atoms with Crippen molar-refractivity contribution in [3.05, 3.63) is 42.0 Å². The number of aromatic carboxylic acids is 1. The minimum absolute atomic E-state index is 0.0834. The maximum atomic E-state index is 12.1. The molecule has 0 radical (unpaired) electrons. The van der Waals surface area contributed by atoms with Gasteiger partial charge in [-0.3, -0.25) is 4.79 Å². The van der Waals surface area contributed by atoms with E-state index in [4.69, 9.17) is 4.74 Å². The topological polar surface area (TPSA) is 75.6 Å². The average Bonchev–Trinajstić information content (AvgIpc) is 3.00. The zero-order valence-electron chi connectivity index (χ0n) is 11.3. The fourth-order valence-electron chi connectivity index (χ4n) is 2.52. The van der Waals surface area contributed by atoms with Gasteiger partial charge in [0.25, 0.3) is 5.91 Å². The summed E-state index contributed by atoms with van der Waals surface area (Å²) in [6.45, 7) is 0.571. The lowest BCUT2D eigenvalue weighted by atomic mass is 10.0. The second-order valence-electron chi connectivity index (χ2n) is 5.04. The van der Waals surface area contributed by atoms with Gasteiger partial charge >= 0.3 is 5.97 Å². The van der Waals surface area contributed by atoms with E-state index >= 15 is 0 Å². The van der Waals surface area contributed by atoms with E-state index in [9.17, 15) is 14.7 Å². The van der Waals surface area contributed by atoms with E-state index in [1.807, 2.05) is 24.3 Å². The molecule has 108 valence electrons. The normalized spacial score (nSPS) is 17.8. The number of hydrogen-bond donors (Lipinski definition) is 2. The molecular weight excluding hydrogens is 270 g/mol. The number of carboxylic acid groups (broad SMARTS) is 1. The van der Waals surface area contributed by atoms with Gasteiger partial charge in [-0.25, -0.2) is 4.79 Å². The van der Waals surface area contributed by atoms with Crippen molar-refractivity contribution in [2.45, 2.75) is 18.9 Å². The van der Waals surface area contributed by atoms with Crippen LogP contribution < -0.4 is 5.32 Å². The predicted octanol–water partition coefficient (Wildman–Crippen LogP) is 2.66. The summed E-state index contributed by atoms with van der Waals surface area (Å²) in [6.07, 6.45) is 1.03. The largest absolute Gasteiger partial charge is 0.478 e. The van der Waals surface area contributed by atoms with Gasteiger partial charge in [-0.15, -0.1) is 0 Å². The molecule has 1 atom stereocenters. The molecular formula is C16H15NO4. The van der Waals surface area contributed by atoms with Crippen molar-refractivity contribution in [2.24, 2.45) is 0 Å².